The van der Waals surface area contributed by atoms with Gasteiger partial charge in [0.2, 0.25) is 0 Å². The molecule has 3 rings (SSSR count). The number of rotatable bonds is 3. The van der Waals surface area contributed by atoms with Crippen molar-refractivity contribution >= 4 is 16.8 Å². The Morgan fingerprint density at radius 2 is 2.26 bits per heavy atom. The summed E-state index contributed by atoms with van der Waals surface area (Å²) in [5.74, 6) is 1.00. The fourth-order valence-electron chi connectivity index (χ4n) is 2.10. The molecule has 0 saturated heterocycles. The second-order valence-corrected chi connectivity index (χ2v) is 4.37. The summed E-state index contributed by atoms with van der Waals surface area (Å²) >= 11 is 0. The maximum absolute atomic E-state index is 5.76. The van der Waals surface area contributed by atoms with E-state index in [4.69, 9.17) is 15.0 Å². The fraction of sp³-hybridized carbons (Fsp3) is 0.231. The van der Waals surface area contributed by atoms with Gasteiger partial charge in [-0.1, -0.05) is 5.16 Å². The highest BCUT2D eigenvalue weighted by Gasteiger charge is 2.13. The van der Waals surface area contributed by atoms with Crippen LogP contribution in [-0.2, 0) is 6.54 Å². The third-order valence-corrected chi connectivity index (χ3v) is 3.11. The van der Waals surface area contributed by atoms with Gasteiger partial charge in [-0.05, 0) is 30.7 Å². The molecule has 0 aliphatic heterocycles. The highest BCUT2D eigenvalue weighted by atomic mass is 16.5. The van der Waals surface area contributed by atoms with Crippen LogP contribution in [0.15, 0.2) is 28.9 Å². The van der Waals surface area contributed by atoms with Crippen molar-refractivity contribution in [2.75, 3.05) is 12.8 Å². The molecule has 0 bridgehead atoms. The molecule has 0 aliphatic carbocycles. The third-order valence-electron chi connectivity index (χ3n) is 3.11. The summed E-state index contributed by atoms with van der Waals surface area (Å²) in [6.07, 6.45) is 1.78. The van der Waals surface area contributed by atoms with Crippen molar-refractivity contribution in [3.63, 3.8) is 0 Å². The molecule has 0 saturated carbocycles. The summed E-state index contributed by atoms with van der Waals surface area (Å²) in [5, 5.41) is 8.73. The topological polar surface area (TPSA) is 79.1 Å². The van der Waals surface area contributed by atoms with Gasteiger partial charge in [0.25, 0.3) is 0 Å². The van der Waals surface area contributed by atoms with E-state index in [1.54, 1.807) is 13.3 Å². The maximum Gasteiger partial charge on any atom is 0.178 e. The average molecular weight is 258 g/mol. The monoisotopic (exact) mass is 258 g/mol. The molecule has 0 fully saturated rings. The van der Waals surface area contributed by atoms with Crippen LogP contribution < -0.4 is 10.5 Å². The molecule has 0 radical (unpaired) electrons. The Bertz CT molecular complexity index is 729. The highest BCUT2D eigenvalue weighted by molar-refractivity contribution is 5.93. The minimum atomic E-state index is 0.341. The lowest BCUT2D eigenvalue weighted by Crippen LogP contribution is -2.03. The van der Waals surface area contributed by atoms with Gasteiger partial charge < -0.3 is 15.0 Å². The van der Waals surface area contributed by atoms with Gasteiger partial charge >= 0.3 is 0 Å². The number of fused-ring (bicyclic) bond motifs is 1. The molecule has 0 atom stereocenters. The van der Waals surface area contributed by atoms with Gasteiger partial charge in [-0.15, -0.1) is 0 Å². The largest absolute Gasteiger partial charge is 0.496 e. The molecule has 3 aromatic rings. The van der Waals surface area contributed by atoms with E-state index in [0.717, 1.165) is 11.3 Å². The lowest BCUT2D eigenvalue weighted by atomic mass is 10.1. The van der Waals surface area contributed by atoms with E-state index in [1.807, 2.05) is 29.8 Å². The Labute approximate surface area is 109 Å². The number of aryl methyl sites for hydroxylation is 1. The Morgan fingerprint density at radius 1 is 1.42 bits per heavy atom. The zero-order valence-electron chi connectivity index (χ0n) is 10.8. The van der Waals surface area contributed by atoms with Crippen LogP contribution in [0.25, 0.3) is 11.0 Å². The number of ether oxygens (including phenoxy) is 1. The van der Waals surface area contributed by atoms with Gasteiger partial charge in [0.15, 0.2) is 11.4 Å². The molecule has 6 heteroatoms. The first-order valence-electron chi connectivity index (χ1n) is 5.89. The van der Waals surface area contributed by atoms with Gasteiger partial charge in [0.05, 0.1) is 13.7 Å². The van der Waals surface area contributed by atoms with E-state index in [1.165, 1.54) is 0 Å². The number of aromatic nitrogens is 3. The summed E-state index contributed by atoms with van der Waals surface area (Å²) in [4.78, 5) is 0. The molecule has 2 N–H and O–H groups in total. The molecule has 2 aromatic heterocycles. The quantitative estimate of drug-likeness (QED) is 0.777. The fourth-order valence-corrected chi connectivity index (χ4v) is 2.10. The molecule has 6 nitrogen and oxygen atoms in total. The number of hydrogen-bond donors (Lipinski definition) is 1. The number of hydrogen-bond acceptors (Lipinski definition) is 5. The Morgan fingerprint density at radius 3 is 2.95 bits per heavy atom. The molecule has 19 heavy (non-hydrogen) atoms. The molecule has 1 aromatic carbocycles. The number of nitrogens with zero attached hydrogens (tertiary/aromatic N) is 3. The van der Waals surface area contributed by atoms with Crippen LogP contribution in [0.2, 0.25) is 0 Å². The van der Waals surface area contributed by atoms with E-state index >= 15 is 0 Å². The Balaban J connectivity index is 2.08. The Hall–Kier alpha value is -2.50. The first-order valence-corrected chi connectivity index (χ1v) is 5.89. The van der Waals surface area contributed by atoms with Crippen LogP contribution >= 0.6 is 0 Å². The Kier molecular flexibility index (Phi) is 2.63. The van der Waals surface area contributed by atoms with Crippen molar-refractivity contribution < 1.29 is 9.26 Å². The summed E-state index contributed by atoms with van der Waals surface area (Å²) in [5.41, 5.74) is 8.50. The van der Waals surface area contributed by atoms with Crippen molar-refractivity contribution in [2.24, 2.45) is 0 Å². The molecule has 98 valence electrons. The molecule has 0 amide bonds. The first-order chi connectivity index (χ1) is 9.19. The molecular formula is C13H14N4O2. The van der Waals surface area contributed by atoms with Gasteiger partial charge in [0.1, 0.15) is 11.1 Å². The van der Waals surface area contributed by atoms with Gasteiger partial charge in [-0.3, -0.25) is 4.68 Å². The van der Waals surface area contributed by atoms with Crippen LogP contribution in [0.5, 0.6) is 5.75 Å². The third kappa shape index (κ3) is 1.91. The number of benzene rings is 1. The van der Waals surface area contributed by atoms with Crippen LogP contribution in [0.3, 0.4) is 0 Å². The van der Waals surface area contributed by atoms with E-state index in [0.29, 0.717) is 29.1 Å². The standard InChI is InChI=1S/C13H14N4O2/c1-8-3-4-15-17(8)7-9-5-10(18-2)12-11(6-9)19-16-13(12)14/h3-6H,7H2,1-2H3,(H2,14,16). The SMILES string of the molecule is COc1cc(Cn2nccc2C)cc2onc(N)c12. The summed E-state index contributed by atoms with van der Waals surface area (Å²) in [7, 11) is 1.60. The predicted octanol–water partition coefficient (Wildman–Crippen LogP) is 1.97. The number of nitrogens with two attached hydrogens (primary N) is 1. The highest BCUT2D eigenvalue weighted by Crippen LogP contribution is 2.32. The van der Waals surface area contributed by atoms with Crippen molar-refractivity contribution in [1.29, 1.82) is 0 Å². The minimum absolute atomic E-state index is 0.341. The van der Waals surface area contributed by atoms with Gasteiger partial charge in [-0.25, -0.2) is 0 Å². The van der Waals surface area contributed by atoms with E-state index in [-0.39, 0.29) is 0 Å². The van der Waals surface area contributed by atoms with E-state index in [2.05, 4.69) is 10.3 Å². The maximum atomic E-state index is 5.76. The van der Waals surface area contributed by atoms with Crippen LogP contribution in [-0.4, -0.2) is 22.0 Å². The summed E-state index contributed by atoms with van der Waals surface area (Å²) in [6.45, 7) is 2.65. The second kappa shape index (κ2) is 4.31. The van der Waals surface area contributed by atoms with E-state index in [9.17, 15) is 0 Å². The smallest absolute Gasteiger partial charge is 0.178 e. The molecule has 0 aliphatic rings. The van der Waals surface area contributed by atoms with Crippen LogP contribution in [0.4, 0.5) is 5.82 Å². The zero-order chi connectivity index (χ0) is 13.4. The van der Waals surface area contributed by atoms with Crippen molar-refractivity contribution in [2.45, 2.75) is 13.5 Å². The summed E-state index contributed by atoms with van der Waals surface area (Å²) < 4.78 is 12.4. The molecule has 0 unspecified atom stereocenters. The summed E-state index contributed by atoms with van der Waals surface area (Å²) in [6, 6.07) is 5.79. The normalized spacial score (nSPS) is 11.1. The molecule has 2 heterocycles. The number of methoxy groups -OCH3 is 1. The van der Waals surface area contributed by atoms with Gasteiger partial charge in [0, 0.05) is 11.9 Å². The van der Waals surface area contributed by atoms with Crippen LogP contribution in [0, 0.1) is 6.92 Å². The van der Waals surface area contributed by atoms with Gasteiger partial charge in [-0.2, -0.15) is 5.10 Å². The second-order valence-electron chi connectivity index (χ2n) is 4.37. The van der Waals surface area contributed by atoms with E-state index < -0.39 is 0 Å². The van der Waals surface area contributed by atoms with Crippen LogP contribution in [0.1, 0.15) is 11.3 Å². The average Bonchev–Trinajstić information content (AvgIpc) is 2.97. The lowest BCUT2D eigenvalue weighted by Gasteiger charge is -2.07. The van der Waals surface area contributed by atoms with Crippen molar-refractivity contribution in [3.8, 4) is 5.75 Å². The zero-order valence-corrected chi connectivity index (χ0v) is 10.8. The molecule has 0 spiro atoms. The van der Waals surface area contributed by atoms with Crippen molar-refractivity contribution in [1.82, 2.24) is 14.9 Å². The minimum Gasteiger partial charge on any atom is -0.496 e. The molecular weight excluding hydrogens is 244 g/mol. The lowest BCUT2D eigenvalue weighted by molar-refractivity contribution is 0.418. The van der Waals surface area contributed by atoms with Crippen molar-refractivity contribution in [3.05, 3.63) is 35.7 Å². The number of anilines is 1. The predicted molar refractivity (Wildman–Crippen MR) is 71.0 cm³/mol. The number of nitrogen functional groups attached to an aromatic ring is 1. The first kappa shape index (κ1) is 11.6.